The molecule has 0 spiro atoms. The Morgan fingerprint density at radius 2 is 2.00 bits per heavy atom. The van der Waals surface area contributed by atoms with E-state index in [9.17, 15) is 0 Å². The van der Waals surface area contributed by atoms with Gasteiger partial charge in [0.15, 0.2) is 0 Å². The molecule has 0 saturated carbocycles. The number of hydrogen-bond donors (Lipinski definition) is 1. The average molecular weight is 266 g/mol. The maximum atomic E-state index is 6.25. The molecule has 4 nitrogen and oxygen atoms in total. The minimum Gasteiger partial charge on any atom is -0.329 e. The first-order chi connectivity index (χ1) is 9.17. The lowest BCUT2D eigenvalue weighted by molar-refractivity contribution is 0.0693. The van der Waals surface area contributed by atoms with Crippen molar-refractivity contribution < 1.29 is 0 Å². The quantitative estimate of drug-likeness (QED) is 0.807. The molecule has 3 unspecified atom stereocenters. The van der Waals surface area contributed by atoms with Gasteiger partial charge in [-0.15, -0.1) is 0 Å². The second-order valence-corrected chi connectivity index (χ2v) is 6.91. The minimum atomic E-state index is 0.250. The van der Waals surface area contributed by atoms with Gasteiger partial charge in [-0.25, -0.2) is 0 Å². The Hall–Kier alpha value is -0.160. The van der Waals surface area contributed by atoms with Crippen LogP contribution < -0.4 is 5.73 Å². The van der Waals surface area contributed by atoms with Gasteiger partial charge in [-0.1, -0.05) is 0 Å². The number of likely N-dealkylation sites (tertiary alicyclic amines) is 1. The van der Waals surface area contributed by atoms with Gasteiger partial charge in [-0.2, -0.15) is 0 Å². The van der Waals surface area contributed by atoms with E-state index in [1.165, 1.54) is 58.3 Å². The van der Waals surface area contributed by atoms with E-state index in [1.54, 1.807) is 0 Å². The molecule has 0 aliphatic carbocycles. The van der Waals surface area contributed by atoms with Gasteiger partial charge in [-0.05, 0) is 59.3 Å². The first-order valence-corrected chi connectivity index (χ1v) is 8.03. The number of fused-ring (bicyclic) bond motifs is 1. The molecule has 0 radical (unpaired) electrons. The Bertz CT molecular complexity index is 321. The van der Waals surface area contributed by atoms with E-state index in [4.69, 9.17) is 5.73 Å². The number of nitrogens with two attached hydrogens (primary N) is 1. The van der Waals surface area contributed by atoms with Gasteiger partial charge in [0.1, 0.15) is 0 Å². The fraction of sp³-hybridized carbons (Fsp3) is 1.00. The molecule has 0 bridgehead atoms. The van der Waals surface area contributed by atoms with Gasteiger partial charge in [-0.3, -0.25) is 9.80 Å². The molecule has 3 rings (SSSR count). The van der Waals surface area contributed by atoms with Crippen LogP contribution in [0.5, 0.6) is 0 Å². The normalized spacial score (nSPS) is 40.4. The molecule has 4 heteroatoms. The van der Waals surface area contributed by atoms with Crippen LogP contribution >= 0.6 is 0 Å². The third kappa shape index (κ3) is 2.23. The van der Waals surface area contributed by atoms with Gasteiger partial charge >= 0.3 is 0 Å². The standard InChI is InChI=1S/C15H30N4/c1-17-8-3-5-13(17)11-18(2)15(12-16)7-10-19-9-4-6-14(15)19/h13-14H,3-12,16H2,1-2H3. The summed E-state index contributed by atoms with van der Waals surface area (Å²) in [5, 5.41) is 0. The van der Waals surface area contributed by atoms with Crippen LogP contribution in [0.1, 0.15) is 32.1 Å². The van der Waals surface area contributed by atoms with E-state index < -0.39 is 0 Å². The van der Waals surface area contributed by atoms with Crippen LogP contribution in [0, 0.1) is 0 Å². The summed E-state index contributed by atoms with van der Waals surface area (Å²) < 4.78 is 0. The summed E-state index contributed by atoms with van der Waals surface area (Å²) in [5.74, 6) is 0. The van der Waals surface area contributed by atoms with Gasteiger partial charge in [0.05, 0.1) is 0 Å². The van der Waals surface area contributed by atoms with E-state index in [0.717, 1.165) is 12.6 Å². The Kier molecular flexibility index (Phi) is 3.87. The summed E-state index contributed by atoms with van der Waals surface area (Å²) in [5.41, 5.74) is 6.50. The molecule has 3 saturated heterocycles. The number of rotatable bonds is 4. The Labute approximate surface area is 117 Å². The highest BCUT2D eigenvalue weighted by molar-refractivity contribution is 5.09. The van der Waals surface area contributed by atoms with Crippen molar-refractivity contribution in [3.63, 3.8) is 0 Å². The highest BCUT2D eigenvalue weighted by atomic mass is 15.3. The van der Waals surface area contributed by atoms with E-state index in [-0.39, 0.29) is 5.54 Å². The monoisotopic (exact) mass is 266 g/mol. The van der Waals surface area contributed by atoms with Crippen molar-refractivity contribution in [1.82, 2.24) is 14.7 Å². The summed E-state index contributed by atoms with van der Waals surface area (Å²) in [4.78, 5) is 7.83. The molecule has 3 atom stereocenters. The Morgan fingerprint density at radius 1 is 1.21 bits per heavy atom. The van der Waals surface area contributed by atoms with Crippen molar-refractivity contribution in [2.75, 3.05) is 46.8 Å². The molecular formula is C15H30N4. The number of nitrogens with zero attached hydrogens (tertiary/aromatic N) is 3. The van der Waals surface area contributed by atoms with Crippen molar-refractivity contribution in [1.29, 1.82) is 0 Å². The van der Waals surface area contributed by atoms with Crippen molar-refractivity contribution in [2.24, 2.45) is 5.73 Å². The van der Waals surface area contributed by atoms with Crippen LogP contribution in [-0.2, 0) is 0 Å². The molecule has 19 heavy (non-hydrogen) atoms. The molecule has 3 aliphatic rings. The molecule has 110 valence electrons. The van der Waals surface area contributed by atoms with Crippen LogP contribution in [-0.4, -0.2) is 79.1 Å². The predicted molar refractivity (Wildman–Crippen MR) is 79.3 cm³/mol. The molecule has 2 N–H and O–H groups in total. The zero-order valence-corrected chi connectivity index (χ0v) is 12.6. The number of likely N-dealkylation sites (N-methyl/N-ethyl adjacent to an activating group) is 2. The Morgan fingerprint density at radius 3 is 2.68 bits per heavy atom. The van der Waals surface area contributed by atoms with Crippen LogP contribution in [0.3, 0.4) is 0 Å². The highest BCUT2D eigenvalue weighted by Gasteiger charge is 2.50. The summed E-state index contributed by atoms with van der Waals surface area (Å²) >= 11 is 0. The lowest BCUT2D eigenvalue weighted by atomic mass is 9.86. The molecular weight excluding hydrogens is 236 g/mol. The van der Waals surface area contributed by atoms with E-state index in [1.807, 2.05) is 0 Å². The predicted octanol–water partition coefficient (Wildman–Crippen LogP) is 0.578. The third-order valence-electron chi connectivity index (χ3n) is 6.09. The van der Waals surface area contributed by atoms with Gasteiger partial charge in [0, 0.05) is 37.3 Å². The lowest BCUT2D eigenvalue weighted by Gasteiger charge is -2.44. The first kappa shape index (κ1) is 13.8. The minimum absolute atomic E-state index is 0.250. The van der Waals surface area contributed by atoms with Crippen molar-refractivity contribution in [2.45, 2.75) is 49.7 Å². The maximum absolute atomic E-state index is 6.25. The van der Waals surface area contributed by atoms with Crippen molar-refractivity contribution in [3.05, 3.63) is 0 Å². The van der Waals surface area contributed by atoms with Crippen LogP contribution in [0.2, 0.25) is 0 Å². The fourth-order valence-corrected chi connectivity index (χ4v) is 4.75. The highest BCUT2D eigenvalue weighted by Crippen LogP contribution is 2.39. The SMILES string of the molecule is CN1CCCC1CN(C)C1(CN)CCN2CCCC21. The average Bonchev–Trinajstić information content (AvgIpc) is 3.07. The molecule has 0 aromatic rings. The van der Waals surface area contributed by atoms with E-state index >= 15 is 0 Å². The largest absolute Gasteiger partial charge is 0.329 e. The molecule has 0 amide bonds. The molecule has 3 aliphatic heterocycles. The van der Waals surface area contributed by atoms with Crippen LogP contribution in [0.15, 0.2) is 0 Å². The second kappa shape index (κ2) is 5.32. The van der Waals surface area contributed by atoms with E-state index in [0.29, 0.717) is 6.04 Å². The summed E-state index contributed by atoms with van der Waals surface area (Å²) in [6.45, 7) is 5.83. The van der Waals surface area contributed by atoms with Crippen LogP contribution in [0.4, 0.5) is 0 Å². The first-order valence-electron chi connectivity index (χ1n) is 8.03. The lowest BCUT2D eigenvalue weighted by Crippen LogP contribution is -2.60. The van der Waals surface area contributed by atoms with Crippen molar-refractivity contribution >= 4 is 0 Å². The maximum Gasteiger partial charge on any atom is 0.0496 e. The fourth-order valence-electron chi connectivity index (χ4n) is 4.75. The van der Waals surface area contributed by atoms with Crippen LogP contribution in [0.25, 0.3) is 0 Å². The topological polar surface area (TPSA) is 35.7 Å². The Balaban J connectivity index is 1.70. The summed E-state index contributed by atoms with van der Waals surface area (Å²) in [7, 11) is 4.60. The zero-order valence-electron chi connectivity index (χ0n) is 12.6. The molecule has 3 heterocycles. The smallest absolute Gasteiger partial charge is 0.0496 e. The number of hydrogen-bond acceptors (Lipinski definition) is 4. The van der Waals surface area contributed by atoms with Gasteiger partial charge in [0.2, 0.25) is 0 Å². The third-order valence-corrected chi connectivity index (χ3v) is 6.09. The zero-order chi connectivity index (χ0) is 13.5. The van der Waals surface area contributed by atoms with Gasteiger partial charge < -0.3 is 10.6 Å². The van der Waals surface area contributed by atoms with E-state index in [2.05, 4.69) is 28.8 Å². The molecule has 0 aromatic carbocycles. The van der Waals surface area contributed by atoms with Gasteiger partial charge in [0.25, 0.3) is 0 Å². The molecule has 0 aromatic heterocycles. The molecule has 3 fully saturated rings. The van der Waals surface area contributed by atoms with Crippen molar-refractivity contribution in [3.8, 4) is 0 Å². The summed E-state index contributed by atoms with van der Waals surface area (Å²) in [6.07, 6.45) is 6.70. The second-order valence-electron chi connectivity index (χ2n) is 6.91. The summed E-state index contributed by atoms with van der Waals surface area (Å²) in [6, 6.07) is 1.46.